The molecule has 0 aromatic carbocycles. The number of ketones is 1. The standard InChI is InChI=1S/C6H10BrClO/c1-4(9)5(7)6(2,3)8/h5H,1-3H3/t5-/m1/s1. The molecule has 54 valence electrons. The molecule has 0 saturated carbocycles. The molecule has 0 rings (SSSR count). The first-order valence-corrected chi connectivity index (χ1v) is 3.98. The quantitative estimate of drug-likeness (QED) is 0.644. The minimum absolute atomic E-state index is 0.0648. The topological polar surface area (TPSA) is 17.1 Å². The molecule has 0 radical (unpaired) electrons. The number of hydrogen-bond donors (Lipinski definition) is 0. The maximum Gasteiger partial charge on any atom is 0.145 e. The molecule has 0 N–H and O–H groups in total. The fourth-order valence-corrected chi connectivity index (χ4v) is 0.637. The second-order valence-electron chi connectivity index (χ2n) is 2.54. The van der Waals surface area contributed by atoms with Crippen LogP contribution in [-0.2, 0) is 4.79 Å². The van der Waals surface area contributed by atoms with E-state index in [1.807, 2.05) is 0 Å². The van der Waals surface area contributed by atoms with Gasteiger partial charge < -0.3 is 0 Å². The van der Waals surface area contributed by atoms with Crippen LogP contribution in [0.3, 0.4) is 0 Å². The summed E-state index contributed by atoms with van der Waals surface area (Å²) in [5.41, 5.74) is 0. The Bertz CT molecular complexity index is 117. The Labute approximate surface area is 68.9 Å². The van der Waals surface area contributed by atoms with Gasteiger partial charge in [-0.3, -0.25) is 4.79 Å². The van der Waals surface area contributed by atoms with Crippen molar-refractivity contribution >= 4 is 33.3 Å². The predicted octanol–water partition coefficient (Wildman–Crippen LogP) is 2.36. The van der Waals surface area contributed by atoms with Crippen molar-refractivity contribution in [2.45, 2.75) is 30.5 Å². The van der Waals surface area contributed by atoms with Crippen molar-refractivity contribution in [3.05, 3.63) is 0 Å². The van der Waals surface area contributed by atoms with Crippen molar-refractivity contribution < 1.29 is 4.79 Å². The molecular formula is C6H10BrClO. The third-order valence-electron chi connectivity index (χ3n) is 0.960. The number of rotatable bonds is 2. The van der Waals surface area contributed by atoms with Gasteiger partial charge in [0, 0.05) is 0 Å². The Morgan fingerprint density at radius 2 is 2.00 bits per heavy atom. The average Bonchev–Trinajstić information content (AvgIpc) is 1.62. The van der Waals surface area contributed by atoms with E-state index in [1.165, 1.54) is 6.92 Å². The molecule has 0 aromatic rings. The van der Waals surface area contributed by atoms with Crippen LogP contribution >= 0.6 is 27.5 Å². The Morgan fingerprint density at radius 1 is 1.67 bits per heavy atom. The molecule has 0 bridgehead atoms. The lowest BCUT2D eigenvalue weighted by molar-refractivity contribution is -0.116. The number of carbonyl (C=O) groups is 1. The fourth-order valence-electron chi connectivity index (χ4n) is 0.483. The molecule has 3 heteroatoms. The highest BCUT2D eigenvalue weighted by Crippen LogP contribution is 2.24. The van der Waals surface area contributed by atoms with Gasteiger partial charge >= 0.3 is 0 Å². The van der Waals surface area contributed by atoms with Crippen LogP contribution in [0.1, 0.15) is 20.8 Å². The lowest BCUT2D eigenvalue weighted by atomic mass is 10.1. The molecule has 0 fully saturated rings. The molecule has 9 heavy (non-hydrogen) atoms. The van der Waals surface area contributed by atoms with E-state index in [1.54, 1.807) is 13.8 Å². The summed E-state index contributed by atoms with van der Waals surface area (Å²) in [5.74, 6) is 0.0648. The van der Waals surface area contributed by atoms with E-state index < -0.39 is 4.87 Å². The Kier molecular flexibility index (Phi) is 3.17. The van der Waals surface area contributed by atoms with Gasteiger partial charge in [0.25, 0.3) is 0 Å². The molecule has 0 spiro atoms. The van der Waals surface area contributed by atoms with Gasteiger partial charge in [-0.1, -0.05) is 15.9 Å². The maximum absolute atomic E-state index is 10.7. The Morgan fingerprint density at radius 3 is 2.00 bits per heavy atom. The third-order valence-corrected chi connectivity index (χ3v) is 3.23. The van der Waals surface area contributed by atoms with Crippen molar-refractivity contribution in [1.29, 1.82) is 0 Å². The Balaban J connectivity index is 4.04. The molecule has 1 atom stereocenters. The monoisotopic (exact) mass is 212 g/mol. The van der Waals surface area contributed by atoms with Gasteiger partial charge in [0.05, 0.1) is 9.70 Å². The van der Waals surface area contributed by atoms with Gasteiger partial charge in [0.1, 0.15) is 5.78 Å². The van der Waals surface area contributed by atoms with E-state index in [9.17, 15) is 4.79 Å². The minimum Gasteiger partial charge on any atom is -0.299 e. The predicted molar refractivity (Wildman–Crippen MR) is 43.3 cm³/mol. The number of Topliss-reactive ketones (excluding diaryl/α,β-unsaturated/α-hetero) is 1. The number of halogens is 2. The smallest absolute Gasteiger partial charge is 0.145 e. The van der Waals surface area contributed by atoms with Crippen LogP contribution in [0.15, 0.2) is 0 Å². The van der Waals surface area contributed by atoms with Crippen molar-refractivity contribution in [3.8, 4) is 0 Å². The van der Waals surface area contributed by atoms with Gasteiger partial charge in [-0.05, 0) is 20.8 Å². The molecule has 0 unspecified atom stereocenters. The molecule has 0 aliphatic rings. The van der Waals surface area contributed by atoms with Crippen LogP contribution in [0.5, 0.6) is 0 Å². The zero-order valence-corrected chi connectivity index (χ0v) is 8.08. The van der Waals surface area contributed by atoms with Crippen molar-refractivity contribution in [1.82, 2.24) is 0 Å². The highest BCUT2D eigenvalue weighted by Gasteiger charge is 2.27. The van der Waals surface area contributed by atoms with Crippen LogP contribution in [0, 0.1) is 0 Å². The van der Waals surface area contributed by atoms with Gasteiger partial charge in [0.2, 0.25) is 0 Å². The number of hydrogen-bond acceptors (Lipinski definition) is 1. The zero-order chi connectivity index (χ0) is 7.65. The largest absolute Gasteiger partial charge is 0.299 e. The molecule has 0 saturated heterocycles. The summed E-state index contributed by atoms with van der Waals surface area (Å²) in [5, 5.41) is 0. The fraction of sp³-hybridized carbons (Fsp3) is 0.833. The van der Waals surface area contributed by atoms with E-state index in [0.29, 0.717) is 0 Å². The van der Waals surface area contributed by atoms with Crippen LogP contribution in [0.4, 0.5) is 0 Å². The zero-order valence-electron chi connectivity index (χ0n) is 5.74. The Hall–Kier alpha value is 0.440. The average molecular weight is 214 g/mol. The van der Waals surface area contributed by atoms with Crippen LogP contribution in [0.2, 0.25) is 0 Å². The molecular weight excluding hydrogens is 203 g/mol. The molecule has 0 aromatic heterocycles. The van der Waals surface area contributed by atoms with E-state index in [2.05, 4.69) is 15.9 Å². The highest BCUT2D eigenvalue weighted by molar-refractivity contribution is 9.10. The van der Waals surface area contributed by atoms with Crippen LogP contribution in [-0.4, -0.2) is 15.5 Å². The van der Waals surface area contributed by atoms with Gasteiger partial charge in [-0.15, -0.1) is 11.6 Å². The van der Waals surface area contributed by atoms with Gasteiger partial charge in [0.15, 0.2) is 0 Å². The minimum atomic E-state index is -0.480. The number of carbonyl (C=O) groups excluding carboxylic acids is 1. The molecule has 0 amide bonds. The molecule has 1 nitrogen and oxygen atoms in total. The van der Waals surface area contributed by atoms with E-state index in [-0.39, 0.29) is 10.6 Å². The third kappa shape index (κ3) is 3.21. The summed E-state index contributed by atoms with van der Waals surface area (Å²) in [7, 11) is 0. The SMILES string of the molecule is CC(=O)[C@@H](Br)C(C)(C)Cl. The first-order valence-electron chi connectivity index (χ1n) is 2.69. The first kappa shape index (κ1) is 9.44. The van der Waals surface area contributed by atoms with Crippen LogP contribution < -0.4 is 0 Å². The van der Waals surface area contributed by atoms with Crippen molar-refractivity contribution in [3.63, 3.8) is 0 Å². The summed E-state index contributed by atoms with van der Waals surface area (Å²) < 4.78 is 0. The summed E-state index contributed by atoms with van der Waals surface area (Å²) in [6.45, 7) is 5.12. The molecule has 0 aliphatic carbocycles. The summed E-state index contributed by atoms with van der Waals surface area (Å²) in [4.78, 5) is 9.93. The second kappa shape index (κ2) is 3.02. The molecule has 0 aliphatic heterocycles. The summed E-state index contributed by atoms with van der Waals surface area (Å²) >= 11 is 8.99. The van der Waals surface area contributed by atoms with Gasteiger partial charge in [-0.2, -0.15) is 0 Å². The summed E-state index contributed by atoms with van der Waals surface area (Å²) in [6.07, 6.45) is 0. The lowest BCUT2D eigenvalue weighted by Gasteiger charge is -2.19. The van der Waals surface area contributed by atoms with Crippen LogP contribution in [0.25, 0.3) is 0 Å². The number of alkyl halides is 2. The van der Waals surface area contributed by atoms with Crippen molar-refractivity contribution in [2.24, 2.45) is 0 Å². The summed E-state index contributed by atoms with van der Waals surface area (Å²) in [6, 6.07) is 0. The lowest BCUT2D eigenvalue weighted by Crippen LogP contribution is -2.30. The van der Waals surface area contributed by atoms with E-state index in [0.717, 1.165) is 0 Å². The molecule has 0 heterocycles. The highest BCUT2D eigenvalue weighted by atomic mass is 79.9. The van der Waals surface area contributed by atoms with Crippen molar-refractivity contribution in [2.75, 3.05) is 0 Å². The second-order valence-corrected chi connectivity index (χ2v) is 4.43. The first-order chi connectivity index (χ1) is 3.85. The van der Waals surface area contributed by atoms with Gasteiger partial charge in [-0.25, -0.2) is 0 Å². The maximum atomic E-state index is 10.7. The van der Waals surface area contributed by atoms with E-state index >= 15 is 0 Å². The van der Waals surface area contributed by atoms with E-state index in [4.69, 9.17) is 11.6 Å². The normalized spacial score (nSPS) is 15.2.